The van der Waals surface area contributed by atoms with E-state index in [4.69, 9.17) is 0 Å². The Hall–Kier alpha value is -2.10. The van der Waals surface area contributed by atoms with Crippen LogP contribution in [0.4, 0.5) is 5.69 Å². The van der Waals surface area contributed by atoms with Crippen molar-refractivity contribution in [3.05, 3.63) is 42.5 Å². The number of carbonyl (C=O) groups excluding carboxylic acids is 2. The molecule has 2 fully saturated rings. The summed E-state index contributed by atoms with van der Waals surface area (Å²) in [7, 11) is 1.69. The lowest BCUT2D eigenvalue weighted by atomic mass is 9.80. The zero-order valence-electron chi connectivity index (χ0n) is 13.7. The fourth-order valence-corrected chi connectivity index (χ4v) is 3.19. The van der Waals surface area contributed by atoms with Crippen molar-refractivity contribution in [2.45, 2.75) is 44.1 Å². The number of benzene rings is 1. The van der Waals surface area contributed by atoms with Gasteiger partial charge in [-0.2, -0.15) is 0 Å². The molecule has 0 aliphatic heterocycles. The molecule has 3 rings (SSSR count). The predicted octanol–water partition coefficient (Wildman–Crippen LogP) is 3.29. The van der Waals surface area contributed by atoms with Gasteiger partial charge in [0.05, 0.1) is 0 Å². The number of nitrogens with zero attached hydrogens (tertiary/aromatic N) is 1. The molecule has 0 atom stereocenters. The van der Waals surface area contributed by atoms with Crippen LogP contribution in [0.5, 0.6) is 0 Å². The smallest absolute Gasteiger partial charge is 0.251 e. The highest BCUT2D eigenvalue weighted by atomic mass is 16.2. The maximum atomic E-state index is 12.5. The minimum Gasteiger partial charge on any atom is -0.347 e. The molecule has 0 radical (unpaired) electrons. The number of likely N-dealkylation sites (N-methyl/N-ethyl adjacent to an activating group) is 1. The molecule has 0 aromatic heterocycles. The van der Waals surface area contributed by atoms with Gasteiger partial charge in [-0.1, -0.05) is 25.8 Å². The van der Waals surface area contributed by atoms with E-state index in [-0.39, 0.29) is 17.4 Å². The average Bonchev–Trinajstić information content (AvgIpc) is 3.29. The zero-order chi connectivity index (χ0) is 16.4. The lowest BCUT2D eigenvalue weighted by Crippen LogP contribution is -2.39. The van der Waals surface area contributed by atoms with Crippen LogP contribution < -0.4 is 10.2 Å². The number of rotatable bonds is 6. The number of anilines is 1. The van der Waals surface area contributed by atoms with Gasteiger partial charge in [0.1, 0.15) is 0 Å². The Morgan fingerprint density at radius 2 is 1.96 bits per heavy atom. The Kier molecular flexibility index (Phi) is 4.24. The van der Waals surface area contributed by atoms with Crippen molar-refractivity contribution in [3.63, 3.8) is 0 Å². The first-order chi connectivity index (χ1) is 11.0. The number of amides is 2. The molecule has 2 aliphatic rings. The molecule has 0 saturated heterocycles. The van der Waals surface area contributed by atoms with Gasteiger partial charge in [0.25, 0.3) is 5.91 Å². The van der Waals surface area contributed by atoms with Crippen LogP contribution in [0.1, 0.15) is 48.9 Å². The van der Waals surface area contributed by atoms with Crippen LogP contribution in [-0.2, 0) is 4.79 Å². The monoisotopic (exact) mass is 312 g/mol. The lowest BCUT2D eigenvalue weighted by molar-refractivity contribution is -0.113. The second-order valence-electron chi connectivity index (χ2n) is 6.88. The molecule has 1 aromatic rings. The van der Waals surface area contributed by atoms with E-state index in [1.54, 1.807) is 31.3 Å². The third-order valence-corrected chi connectivity index (χ3v) is 5.16. The highest BCUT2D eigenvalue weighted by Crippen LogP contribution is 2.45. The molecule has 2 amide bonds. The molecule has 2 aliphatic carbocycles. The van der Waals surface area contributed by atoms with Crippen molar-refractivity contribution in [1.29, 1.82) is 0 Å². The molecule has 4 heteroatoms. The van der Waals surface area contributed by atoms with E-state index in [0.29, 0.717) is 5.56 Å². The second kappa shape index (κ2) is 6.19. The van der Waals surface area contributed by atoms with Crippen LogP contribution in [0.2, 0.25) is 0 Å². The number of hydrogen-bond donors (Lipinski definition) is 1. The molecule has 0 bridgehead atoms. The normalized spacial score (nSPS) is 18.7. The van der Waals surface area contributed by atoms with Crippen LogP contribution in [-0.4, -0.2) is 24.4 Å². The van der Waals surface area contributed by atoms with Crippen molar-refractivity contribution in [1.82, 2.24) is 5.32 Å². The number of hydrogen-bond acceptors (Lipinski definition) is 2. The summed E-state index contributed by atoms with van der Waals surface area (Å²) >= 11 is 0. The van der Waals surface area contributed by atoms with Crippen molar-refractivity contribution in [2.75, 3.05) is 11.9 Å². The summed E-state index contributed by atoms with van der Waals surface area (Å²) in [5.74, 6) is 0.629. The van der Waals surface area contributed by atoms with Crippen molar-refractivity contribution in [2.24, 2.45) is 5.92 Å². The third kappa shape index (κ3) is 3.46. The maximum Gasteiger partial charge on any atom is 0.251 e. The van der Waals surface area contributed by atoms with Crippen LogP contribution >= 0.6 is 0 Å². The van der Waals surface area contributed by atoms with Crippen molar-refractivity contribution >= 4 is 17.5 Å². The van der Waals surface area contributed by atoms with Gasteiger partial charge >= 0.3 is 0 Å². The molecule has 1 aromatic carbocycles. The van der Waals surface area contributed by atoms with E-state index in [1.165, 1.54) is 30.2 Å². The standard InChI is InChI=1S/C19H24N2O2/c1-3-17(22)21(2)16-9-7-15(8-10-16)18(23)20-19(11-12-19)13-14-5-4-6-14/h3,7-10,14H,1,4-6,11-13H2,2H3,(H,20,23). The van der Waals surface area contributed by atoms with Gasteiger partial charge in [0, 0.05) is 23.8 Å². The van der Waals surface area contributed by atoms with E-state index < -0.39 is 0 Å². The summed E-state index contributed by atoms with van der Waals surface area (Å²) in [5, 5.41) is 3.23. The van der Waals surface area contributed by atoms with Gasteiger partial charge < -0.3 is 10.2 Å². The molecular formula is C19H24N2O2. The summed E-state index contributed by atoms with van der Waals surface area (Å²) in [6.45, 7) is 3.48. The van der Waals surface area contributed by atoms with Gasteiger partial charge in [-0.05, 0) is 55.5 Å². The van der Waals surface area contributed by atoms with E-state index in [1.807, 2.05) is 0 Å². The highest BCUT2D eigenvalue weighted by molar-refractivity contribution is 6.01. The van der Waals surface area contributed by atoms with Crippen LogP contribution in [0.25, 0.3) is 0 Å². The first-order valence-corrected chi connectivity index (χ1v) is 8.36. The summed E-state index contributed by atoms with van der Waals surface area (Å²) in [5.41, 5.74) is 1.45. The fraction of sp³-hybridized carbons (Fsp3) is 0.474. The van der Waals surface area contributed by atoms with E-state index >= 15 is 0 Å². The molecule has 4 nitrogen and oxygen atoms in total. The average molecular weight is 312 g/mol. The first kappa shape index (κ1) is 15.8. The van der Waals surface area contributed by atoms with E-state index in [9.17, 15) is 9.59 Å². The molecule has 122 valence electrons. The lowest BCUT2D eigenvalue weighted by Gasteiger charge is -2.30. The molecule has 23 heavy (non-hydrogen) atoms. The fourth-order valence-electron chi connectivity index (χ4n) is 3.19. The van der Waals surface area contributed by atoms with Gasteiger partial charge in [-0.15, -0.1) is 0 Å². The van der Waals surface area contributed by atoms with Gasteiger partial charge in [0.2, 0.25) is 5.91 Å². The van der Waals surface area contributed by atoms with Gasteiger partial charge in [0.15, 0.2) is 0 Å². The van der Waals surface area contributed by atoms with Crippen LogP contribution in [0.3, 0.4) is 0 Å². The quantitative estimate of drug-likeness (QED) is 0.820. The van der Waals surface area contributed by atoms with E-state index in [0.717, 1.165) is 30.9 Å². The Balaban J connectivity index is 1.61. The summed E-state index contributed by atoms with van der Waals surface area (Å²) in [6.07, 6.45) is 8.58. The molecule has 0 spiro atoms. The summed E-state index contributed by atoms with van der Waals surface area (Å²) < 4.78 is 0. The molecule has 1 N–H and O–H groups in total. The number of carbonyl (C=O) groups is 2. The highest BCUT2D eigenvalue weighted by Gasteiger charge is 2.46. The Bertz CT molecular complexity index is 613. The van der Waals surface area contributed by atoms with Gasteiger partial charge in [-0.25, -0.2) is 0 Å². The Morgan fingerprint density at radius 3 is 2.43 bits per heavy atom. The van der Waals surface area contributed by atoms with Crippen molar-refractivity contribution in [3.8, 4) is 0 Å². The molecule has 0 heterocycles. The molecule has 2 saturated carbocycles. The first-order valence-electron chi connectivity index (χ1n) is 8.36. The topological polar surface area (TPSA) is 49.4 Å². The van der Waals surface area contributed by atoms with Crippen LogP contribution in [0, 0.1) is 5.92 Å². The molecule has 0 unspecified atom stereocenters. The largest absolute Gasteiger partial charge is 0.347 e. The SMILES string of the molecule is C=CC(=O)N(C)c1ccc(C(=O)NC2(CC3CCC3)CC2)cc1. The summed E-state index contributed by atoms with van der Waals surface area (Å²) in [6, 6.07) is 7.14. The maximum absolute atomic E-state index is 12.5. The third-order valence-electron chi connectivity index (χ3n) is 5.16. The van der Waals surface area contributed by atoms with Crippen molar-refractivity contribution < 1.29 is 9.59 Å². The minimum absolute atomic E-state index is 0.00827. The minimum atomic E-state index is -0.167. The Labute approximate surface area is 137 Å². The predicted molar refractivity (Wildman–Crippen MR) is 91.4 cm³/mol. The summed E-state index contributed by atoms with van der Waals surface area (Å²) in [4.78, 5) is 25.6. The van der Waals surface area contributed by atoms with E-state index in [2.05, 4.69) is 11.9 Å². The Morgan fingerprint density at radius 1 is 1.30 bits per heavy atom. The van der Waals surface area contributed by atoms with Crippen LogP contribution in [0.15, 0.2) is 36.9 Å². The van der Waals surface area contributed by atoms with Gasteiger partial charge in [-0.3, -0.25) is 9.59 Å². The second-order valence-corrected chi connectivity index (χ2v) is 6.88. The zero-order valence-corrected chi connectivity index (χ0v) is 13.7. The number of nitrogens with one attached hydrogen (secondary N) is 1. The molecular weight excluding hydrogens is 288 g/mol.